The third-order valence-corrected chi connectivity index (χ3v) is 4.23. The number of halogens is 1. The van der Waals surface area contributed by atoms with Gasteiger partial charge in [-0.2, -0.15) is 0 Å². The van der Waals surface area contributed by atoms with Crippen molar-refractivity contribution >= 4 is 0 Å². The molecule has 1 saturated heterocycles. The van der Waals surface area contributed by atoms with E-state index >= 15 is 0 Å². The highest BCUT2D eigenvalue weighted by molar-refractivity contribution is 5.17. The van der Waals surface area contributed by atoms with E-state index in [2.05, 4.69) is 17.1 Å². The molecule has 0 amide bonds. The lowest BCUT2D eigenvalue weighted by Crippen LogP contribution is -2.39. The van der Waals surface area contributed by atoms with Crippen molar-refractivity contribution in [3.8, 4) is 0 Å². The highest BCUT2D eigenvalue weighted by Crippen LogP contribution is 2.29. The molecule has 1 aliphatic heterocycles. The molecular weight excluding hydrogens is 239 g/mol. The topological polar surface area (TPSA) is 15.3 Å². The molecular formula is C16H23FN2. The molecule has 0 bridgehead atoms. The largest absolute Gasteiger partial charge is 0.310 e. The maximum absolute atomic E-state index is 13.1. The van der Waals surface area contributed by atoms with Gasteiger partial charge in [-0.05, 0) is 50.3 Å². The Morgan fingerprint density at radius 3 is 2.95 bits per heavy atom. The van der Waals surface area contributed by atoms with E-state index in [-0.39, 0.29) is 5.82 Å². The minimum atomic E-state index is -0.134. The molecule has 0 radical (unpaired) electrons. The van der Waals surface area contributed by atoms with Crippen LogP contribution >= 0.6 is 0 Å². The first-order valence-electron chi connectivity index (χ1n) is 7.45. The first kappa shape index (κ1) is 13.1. The molecule has 0 spiro atoms. The molecule has 104 valence electrons. The number of likely N-dealkylation sites (tertiary alicyclic amines) is 1. The number of hydrogen-bond donors (Lipinski definition) is 1. The van der Waals surface area contributed by atoms with Crippen molar-refractivity contribution in [2.75, 3.05) is 13.1 Å². The predicted octanol–water partition coefficient (Wildman–Crippen LogP) is 2.58. The number of benzene rings is 1. The van der Waals surface area contributed by atoms with Crippen LogP contribution in [0.4, 0.5) is 4.39 Å². The van der Waals surface area contributed by atoms with Crippen LogP contribution in [0.15, 0.2) is 24.3 Å². The molecule has 2 nitrogen and oxygen atoms in total. The van der Waals surface area contributed by atoms with E-state index in [1.54, 1.807) is 12.1 Å². The van der Waals surface area contributed by atoms with Crippen LogP contribution in [-0.4, -0.2) is 36.1 Å². The molecule has 1 aromatic rings. The van der Waals surface area contributed by atoms with Crippen LogP contribution in [0, 0.1) is 5.82 Å². The Hall–Kier alpha value is -0.930. The summed E-state index contributed by atoms with van der Waals surface area (Å²) in [5, 5.41) is 3.70. The van der Waals surface area contributed by atoms with Crippen molar-refractivity contribution in [1.82, 2.24) is 10.2 Å². The number of nitrogens with zero attached hydrogens (tertiary/aromatic N) is 1. The maximum Gasteiger partial charge on any atom is 0.123 e. The Morgan fingerprint density at radius 2 is 2.21 bits per heavy atom. The molecule has 2 atom stereocenters. The van der Waals surface area contributed by atoms with E-state index in [0.29, 0.717) is 12.1 Å². The zero-order valence-electron chi connectivity index (χ0n) is 11.6. The summed E-state index contributed by atoms with van der Waals surface area (Å²) < 4.78 is 13.1. The van der Waals surface area contributed by atoms with Crippen LogP contribution in [0.1, 0.15) is 31.7 Å². The molecule has 1 N–H and O–H groups in total. The standard InChI is InChI=1S/C16H23FN2/c1-12(9-13-3-2-4-14(17)10-13)18-15-7-8-19(11-15)16-5-6-16/h2-4,10,12,15-16,18H,5-9,11H2,1H3. The van der Waals surface area contributed by atoms with Gasteiger partial charge in [-0.15, -0.1) is 0 Å². The van der Waals surface area contributed by atoms with Gasteiger partial charge >= 0.3 is 0 Å². The predicted molar refractivity (Wildman–Crippen MR) is 75.7 cm³/mol. The first-order valence-corrected chi connectivity index (χ1v) is 7.45. The minimum Gasteiger partial charge on any atom is -0.310 e. The molecule has 1 heterocycles. The number of nitrogens with one attached hydrogen (secondary N) is 1. The van der Waals surface area contributed by atoms with Crippen molar-refractivity contribution in [2.45, 2.75) is 50.7 Å². The van der Waals surface area contributed by atoms with Crippen LogP contribution < -0.4 is 5.32 Å². The summed E-state index contributed by atoms with van der Waals surface area (Å²) in [4.78, 5) is 2.62. The summed E-state index contributed by atoms with van der Waals surface area (Å²) in [6.45, 7) is 4.64. The fourth-order valence-corrected chi connectivity index (χ4v) is 3.17. The van der Waals surface area contributed by atoms with Gasteiger partial charge in [0, 0.05) is 31.2 Å². The van der Waals surface area contributed by atoms with Gasteiger partial charge < -0.3 is 5.32 Å². The second kappa shape index (κ2) is 5.59. The normalized spacial score (nSPS) is 25.7. The third-order valence-electron chi connectivity index (χ3n) is 4.23. The fraction of sp³-hybridized carbons (Fsp3) is 0.625. The smallest absolute Gasteiger partial charge is 0.123 e. The van der Waals surface area contributed by atoms with Crippen LogP contribution in [0.5, 0.6) is 0 Å². The monoisotopic (exact) mass is 262 g/mol. The molecule has 3 rings (SSSR count). The average molecular weight is 262 g/mol. The summed E-state index contributed by atoms with van der Waals surface area (Å²) in [6.07, 6.45) is 4.94. The van der Waals surface area contributed by atoms with Crippen molar-refractivity contribution < 1.29 is 4.39 Å². The first-order chi connectivity index (χ1) is 9.20. The van der Waals surface area contributed by atoms with Gasteiger partial charge in [0.05, 0.1) is 0 Å². The molecule has 2 fully saturated rings. The fourth-order valence-electron chi connectivity index (χ4n) is 3.17. The summed E-state index contributed by atoms with van der Waals surface area (Å²) in [6, 6.07) is 8.85. The Balaban J connectivity index is 1.47. The third kappa shape index (κ3) is 3.54. The van der Waals surface area contributed by atoms with Gasteiger partial charge in [0.1, 0.15) is 5.82 Å². The second-order valence-electron chi connectivity index (χ2n) is 6.11. The SMILES string of the molecule is CC(Cc1cccc(F)c1)NC1CCN(C2CC2)C1. The lowest BCUT2D eigenvalue weighted by atomic mass is 10.1. The second-order valence-corrected chi connectivity index (χ2v) is 6.11. The molecule has 19 heavy (non-hydrogen) atoms. The average Bonchev–Trinajstić information content (AvgIpc) is 3.11. The van der Waals surface area contributed by atoms with Gasteiger partial charge in [-0.25, -0.2) is 4.39 Å². The van der Waals surface area contributed by atoms with Gasteiger partial charge in [0.2, 0.25) is 0 Å². The van der Waals surface area contributed by atoms with Crippen molar-refractivity contribution in [2.24, 2.45) is 0 Å². The van der Waals surface area contributed by atoms with Gasteiger partial charge in [0.15, 0.2) is 0 Å². The van der Waals surface area contributed by atoms with Crippen LogP contribution in [-0.2, 0) is 6.42 Å². The van der Waals surface area contributed by atoms with Gasteiger partial charge in [-0.1, -0.05) is 12.1 Å². The lowest BCUT2D eigenvalue weighted by Gasteiger charge is -2.20. The Morgan fingerprint density at radius 1 is 1.37 bits per heavy atom. The quantitative estimate of drug-likeness (QED) is 0.877. The Labute approximate surface area is 115 Å². The summed E-state index contributed by atoms with van der Waals surface area (Å²) >= 11 is 0. The van der Waals surface area contributed by atoms with Gasteiger partial charge in [-0.3, -0.25) is 4.90 Å². The Bertz CT molecular complexity index is 431. The highest BCUT2D eigenvalue weighted by Gasteiger charge is 2.34. The molecule has 2 unspecified atom stereocenters. The maximum atomic E-state index is 13.1. The zero-order valence-corrected chi connectivity index (χ0v) is 11.6. The van der Waals surface area contributed by atoms with Crippen molar-refractivity contribution in [1.29, 1.82) is 0 Å². The molecule has 3 heteroatoms. The van der Waals surface area contributed by atoms with E-state index in [1.807, 2.05) is 6.07 Å². The number of hydrogen-bond acceptors (Lipinski definition) is 2. The van der Waals surface area contributed by atoms with Crippen LogP contribution in [0.25, 0.3) is 0 Å². The molecule has 1 saturated carbocycles. The van der Waals surface area contributed by atoms with Crippen molar-refractivity contribution in [3.63, 3.8) is 0 Å². The van der Waals surface area contributed by atoms with Gasteiger partial charge in [0.25, 0.3) is 0 Å². The van der Waals surface area contributed by atoms with Crippen molar-refractivity contribution in [3.05, 3.63) is 35.6 Å². The van der Waals surface area contributed by atoms with Crippen LogP contribution in [0.3, 0.4) is 0 Å². The molecule has 1 aliphatic carbocycles. The summed E-state index contributed by atoms with van der Waals surface area (Å²) in [7, 11) is 0. The van der Waals surface area contributed by atoms with E-state index < -0.39 is 0 Å². The molecule has 2 aliphatic rings. The summed E-state index contributed by atoms with van der Waals surface area (Å²) in [5.74, 6) is -0.134. The number of rotatable bonds is 5. The molecule has 0 aromatic heterocycles. The Kier molecular flexibility index (Phi) is 3.85. The molecule has 1 aromatic carbocycles. The minimum absolute atomic E-state index is 0.134. The van der Waals surface area contributed by atoms with E-state index in [9.17, 15) is 4.39 Å². The van der Waals surface area contributed by atoms with Crippen LogP contribution in [0.2, 0.25) is 0 Å². The van der Waals surface area contributed by atoms with E-state index in [0.717, 1.165) is 18.0 Å². The highest BCUT2D eigenvalue weighted by atomic mass is 19.1. The lowest BCUT2D eigenvalue weighted by molar-refractivity contribution is 0.313. The summed E-state index contributed by atoms with van der Waals surface area (Å²) in [5.41, 5.74) is 1.08. The zero-order chi connectivity index (χ0) is 13.2. The van der Waals surface area contributed by atoms with E-state index in [1.165, 1.54) is 38.4 Å². The van der Waals surface area contributed by atoms with E-state index in [4.69, 9.17) is 0 Å².